The van der Waals surface area contributed by atoms with Crippen molar-refractivity contribution in [2.75, 3.05) is 17.9 Å². The summed E-state index contributed by atoms with van der Waals surface area (Å²) in [4.78, 5) is 9.22. The van der Waals surface area contributed by atoms with Gasteiger partial charge in [-0.3, -0.25) is 15.4 Å². The van der Waals surface area contributed by atoms with Gasteiger partial charge in [-0.15, -0.1) is 0 Å². The zero-order valence-corrected chi connectivity index (χ0v) is 19.8. The van der Waals surface area contributed by atoms with Gasteiger partial charge in [0.05, 0.1) is 23.5 Å². The van der Waals surface area contributed by atoms with E-state index in [9.17, 15) is 0 Å². The number of methoxy groups -OCH3 is 1. The molecule has 0 saturated heterocycles. The summed E-state index contributed by atoms with van der Waals surface area (Å²) in [7, 11) is 1.61. The topological polar surface area (TPSA) is 76.0 Å². The van der Waals surface area contributed by atoms with Gasteiger partial charge in [0.2, 0.25) is 10.7 Å². The van der Waals surface area contributed by atoms with Gasteiger partial charge in [0.1, 0.15) is 5.75 Å². The molecule has 1 heterocycles. The molecule has 7 nitrogen and oxygen atoms in total. The fourth-order valence-corrected chi connectivity index (χ4v) is 3.62. The molecule has 33 heavy (non-hydrogen) atoms. The number of thiocarbonyl (C=S) groups is 1. The Morgan fingerprint density at radius 1 is 0.939 bits per heavy atom. The van der Waals surface area contributed by atoms with Crippen LogP contribution in [0.5, 0.6) is 5.75 Å². The zero-order valence-electron chi connectivity index (χ0n) is 17.4. The molecule has 0 fully saturated rings. The molecule has 1 aromatic heterocycles. The molecule has 0 atom stereocenters. The number of hydrazine groups is 1. The molecule has 0 saturated carbocycles. The maximum atomic E-state index is 6.21. The Morgan fingerprint density at radius 2 is 1.64 bits per heavy atom. The van der Waals surface area contributed by atoms with E-state index >= 15 is 0 Å². The number of aromatic nitrogens is 3. The predicted molar refractivity (Wildman–Crippen MR) is 139 cm³/mol. The molecule has 10 heteroatoms. The quantitative estimate of drug-likeness (QED) is 0.235. The average Bonchev–Trinajstić information content (AvgIpc) is 2.84. The van der Waals surface area contributed by atoms with Crippen molar-refractivity contribution in [1.29, 1.82) is 0 Å². The number of nitrogens with zero attached hydrogens (tertiary/aromatic N) is 3. The highest BCUT2D eigenvalue weighted by Gasteiger charge is 2.12. The molecule has 0 aliphatic carbocycles. The first-order valence-corrected chi connectivity index (χ1v) is 11.0. The summed E-state index contributed by atoms with van der Waals surface area (Å²) in [5.74, 6) is 1.62. The van der Waals surface area contributed by atoms with E-state index in [1.54, 1.807) is 17.7 Å². The van der Waals surface area contributed by atoms with Crippen LogP contribution in [0, 0.1) is 4.77 Å². The van der Waals surface area contributed by atoms with Crippen LogP contribution in [0.2, 0.25) is 5.02 Å². The van der Waals surface area contributed by atoms with Gasteiger partial charge in [0, 0.05) is 5.56 Å². The molecule has 0 aliphatic rings. The van der Waals surface area contributed by atoms with Crippen molar-refractivity contribution in [3.8, 4) is 22.8 Å². The van der Waals surface area contributed by atoms with Crippen LogP contribution in [0.3, 0.4) is 0 Å². The highest BCUT2D eigenvalue weighted by molar-refractivity contribution is 7.80. The summed E-state index contributed by atoms with van der Waals surface area (Å²) in [6.45, 7) is 0. The number of nitrogens with one attached hydrogen (secondary N) is 3. The first kappa shape index (κ1) is 22.7. The van der Waals surface area contributed by atoms with E-state index in [-0.39, 0.29) is 0 Å². The van der Waals surface area contributed by atoms with Gasteiger partial charge in [0.25, 0.3) is 0 Å². The van der Waals surface area contributed by atoms with Gasteiger partial charge in [-0.2, -0.15) is 9.97 Å². The van der Waals surface area contributed by atoms with Crippen molar-refractivity contribution in [1.82, 2.24) is 20.0 Å². The Hall–Kier alpha value is -3.53. The maximum absolute atomic E-state index is 6.21. The third-order valence-corrected chi connectivity index (χ3v) is 5.40. The van der Waals surface area contributed by atoms with Crippen LogP contribution >= 0.6 is 36.0 Å². The minimum absolute atomic E-state index is 0.301. The number of para-hydroxylation sites is 1. The average molecular weight is 495 g/mol. The lowest BCUT2D eigenvalue weighted by molar-refractivity contribution is 0.414. The molecule has 4 rings (SSSR count). The van der Waals surface area contributed by atoms with E-state index in [1.165, 1.54) is 0 Å². The normalized spacial score (nSPS) is 10.4. The fraction of sp³-hybridized carbons (Fsp3) is 0.0435. The summed E-state index contributed by atoms with van der Waals surface area (Å²) in [5.41, 5.74) is 8.27. The lowest BCUT2D eigenvalue weighted by atomic mass is 10.2. The largest absolute Gasteiger partial charge is 0.497 e. The number of ether oxygens (including phenoxy) is 1. The molecular weight excluding hydrogens is 476 g/mol. The number of hydrogen-bond donors (Lipinski definition) is 3. The van der Waals surface area contributed by atoms with E-state index in [0.29, 0.717) is 32.4 Å². The molecule has 0 bridgehead atoms. The Bertz CT molecular complexity index is 1330. The predicted octanol–water partition coefficient (Wildman–Crippen LogP) is 5.64. The van der Waals surface area contributed by atoms with Crippen LogP contribution in [0.15, 0.2) is 78.9 Å². The third-order valence-electron chi connectivity index (χ3n) is 4.59. The Balaban J connectivity index is 1.67. The van der Waals surface area contributed by atoms with Gasteiger partial charge < -0.3 is 10.1 Å². The Labute approximate surface area is 206 Å². The van der Waals surface area contributed by atoms with Crippen LogP contribution < -0.4 is 20.9 Å². The highest BCUT2D eigenvalue weighted by Crippen LogP contribution is 2.22. The number of rotatable bonds is 6. The molecule has 0 amide bonds. The minimum atomic E-state index is 0.301. The summed E-state index contributed by atoms with van der Waals surface area (Å²) < 4.78 is 7.28. The Kier molecular flexibility index (Phi) is 7.13. The van der Waals surface area contributed by atoms with Gasteiger partial charge >= 0.3 is 0 Å². The van der Waals surface area contributed by atoms with Crippen molar-refractivity contribution in [2.24, 2.45) is 0 Å². The molecule has 3 N–H and O–H groups in total. The van der Waals surface area contributed by atoms with Gasteiger partial charge in [-0.25, -0.2) is 0 Å². The van der Waals surface area contributed by atoms with E-state index < -0.39 is 0 Å². The summed E-state index contributed by atoms with van der Waals surface area (Å²) >= 11 is 17.2. The van der Waals surface area contributed by atoms with Crippen LogP contribution in [-0.4, -0.2) is 26.8 Å². The fourth-order valence-electron chi connectivity index (χ4n) is 3.00. The molecule has 4 aromatic rings. The summed E-state index contributed by atoms with van der Waals surface area (Å²) in [6, 6.07) is 24.3. The van der Waals surface area contributed by atoms with Crippen LogP contribution in [0.25, 0.3) is 17.1 Å². The second-order valence-corrected chi connectivity index (χ2v) is 7.92. The lowest BCUT2D eigenvalue weighted by Crippen LogP contribution is -2.35. The highest BCUT2D eigenvalue weighted by atomic mass is 35.5. The van der Waals surface area contributed by atoms with Crippen molar-refractivity contribution in [3.63, 3.8) is 0 Å². The summed E-state index contributed by atoms with van der Waals surface area (Å²) in [6.07, 6.45) is 0. The molecule has 166 valence electrons. The number of anilines is 2. The van der Waals surface area contributed by atoms with E-state index in [0.717, 1.165) is 17.0 Å². The zero-order chi connectivity index (χ0) is 23.2. The standard InChI is InChI=1S/C23H19ClN6OS2/c1-31-17-13-11-16(12-14-17)30-21(26-20(27-23(30)33)15-7-3-2-4-8-15)28-29-22(32)25-19-10-6-5-9-18(19)24/h2-14H,1H3,(H2,25,29,32)(H,26,27,28,33). The lowest BCUT2D eigenvalue weighted by Gasteiger charge is -2.18. The van der Waals surface area contributed by atoms with Crippen LogP contribution in [0.4, 0.5) is 11.6 Å². The van der Waals surface area contributed by atoms with E-state index in [1.807, 2.05) is 72.8 Å². The second-order valence-electron chi connectivity index (χ2n) is 6.74. The molecule has 0 spiro atoms. The van der Waals surface area contributed by atoms with E-state index in [2.05, 4.69) is 26.1 Å². The molecule has 0 radical (unpaired) electrons. The van der Waals surface area contributed by atoms with Crippen molar-refractivity contribution < 1.29 is 4.74 Å². The molecule has 0 aliphatic heterocycles. The molecule has 3 aromatic carbocycles. The third kappa shape index (κ3) is 5.46. The Morgan fingerprint density at radius 3 is 2.33 bits per heavy atom. The van der Waals surface area contributed by atoms with Gasteiger partial charge in [-0.1, -0.05) is 54.1 Å². The van der Waals surface area contributed by atoms with Crippen LogP contribution in [0.1, 0.15) is 0 Å². The van der Waals surface area contributed by atoms with Crippen molar-refractivity contribution in [2.45, 2.75) is 0 Å². The molecular formula is C23H19ClN6OS2. The summed E-state index contributed by atoms with van der Waals surface area (Å²) in [5, 5.41) is 3.90. The van der Waals surface area contributed by atoms with E-state index in [4.69, 9.17) is 40.8 Å². The molecule has 0 unspecified atom stereocenters. The maximum Gasteiger partial charge on any atom is 0.230 e. The first-order chi connectivity index (χ1) is 16.0. The number of hydrogen-bond acceptors (Lipinski definition) is 6. The van der Waals surface area contributed by atoms with Crippen molar-refractivity contribution in [3.05, 3.63) is 88.7 Å². The van der Waals surface area contributed by atoms with Gasteiger partial charge in [0.15, 0.2) is 10.9 Å². The smallest absolute Gasteiger partial charge is 0.230 e. The monoisotopic (exact) mass is 494 g/mol. The van der Waals surface area contributed by atoms with Gasteiger partial charge in [-0.05, 0) is 60.8 Å². The van der Waals surface area contributed by atoms with Crippen LogP contribution in [-0.2, 0) is 0 Å². The minimum Gasteiger partial charge on any atom is -0.497 e. The first-order valence-electron chi connectivity index (χ1n) is 9.83. The number of halogens is 1. The SMILES string of the molecule is COc1ccc(-n2c(NNC(=S)Nc3ccccc3Cl)nc(-c3ccccc3)nc2=S)cc1. The van der Waals surface area contributed by atoms with Crippen molar-refractivity contribution >= 4 is 52.8 Å². The second kappa shape index (κ2) is 10.4. The number of benzene rings is 3.